The number of likely N-dealkylation sites (N-methyl/N-ethyl adjacent to an activating group) is 1. The average molecular weight is 359 g/mol. The third-order valence-corrected chi connectivity index (χ3v) is 4.20. The van der Waals surface area contributed by atoms with Crippen molar-refractivity contribution in [3.05, 3.63) is 42.0 Å². The van der Waals surface area contributed by atoms with Crippen molar-refractivity contribution in [3.8, 4) is 5.75 Å². The van der Waals surface area contributed by atoms with Gasteiger partial charge in [0, 0.05) is 30.5 Å². The van der Waals surface area contributed by atoms with Crippen LogP contribution in [0.2, 0.25) is 0 Å². The lowest BCUT2D eigenvalue weighted by molar-refractivity contribution is -0.129. The van der Waals surface area contributed by atoms with E-state index in [9.17, 15) is 9.59 Å². The first-order valence-electron chi connectivity index (χ1n) is 8.52. The number of methoxy groups -OCH3 is 1. The van der Waals surface area contributed by atoms with Crippen molar-refractivity contribution in [1.82, 2.24) is 15.7 Å². The first-order chi connectivity index (χ1) is 12.6. The van der Waals surface area contributed by atoms with Crippen LogP contribution in [0.3, 0.4) is 0 Å². The molecule has 0 aromatic heterocycles. The summed E-state index contributed by atoms with van der Waals surface area (Å²) in [5.74, 6) is 0.221. The maximum absolute atomic E-state index is 12.5. The zero-order valence-electron chi connectivity index (χ0n) is 15.1. The van der Waals surface area contributed by atoms with Crippen molar-refractivity contribution < 1.29 is 19.5 Å². The second kappa shape index (κ2) is 9.74. The summed E-state index contributed by atoms with van der Waals surface area (Å²) in [4.78, 5) is 25.5. The first kappa shape index (κ1) is 19.7. The van der Waals surface area contributed by atoms with Gasteiger partial charge in [0.25, 0.3) is 5.91 Å². The van der Waals surface area contributed by atoms with Crippen LogP contribution >= 0.6 is 0 Å². The van der Waals surface area contributed by atoms with Gasteiger partial charge in [-0.3, -0.25) is 14.8 Å². The number of nitrogens with one attached hydrogen (secondary N) is 2. The monoisotopic (exact) mass is 359 g/mol. The van der Waals surface area contributed by atoms with Gasteiger partial charge in [-0.05, 0) is 37.5 Å². The van der Waals surface area contributed by atoms with E-state index in [1.165, 1.54) is 0 Å². The molecule has 0 aliphatic heterocycles. The molecule has 0 spiro atoms. The molecule has 0 saturated heterocycles. The number of hydroxylamine groups is 1. The highest BCUT2D eigenvalue weighted by molar-refractivity contribution is 6.08. The van der Waals surface area contributed by atoms with Crippen LogP contribution in [0.5, 0.6) is 5.75 Å². The summed E-state index contributed by atoms with van der Waals surface area (Å²) in [5, 5.41) is 13.1. The standard InChI is InChI=1S/C19H25N3O4/c1-22(12-5-8-18(23)21-25)13-11-20-19(24)16-9-10-17(26-2)15-7-4-3-6-14(15)16/h3-4,6-7,9-10,25H,5,8,11-13H2,1-2H3,(H,20,24)(H,21,23). The number of benzene rings is 2. The maximum atomic E-state index is 12.5. The van der Waals surface area contributed by atoms with E-state index >= 15 is 0 Å². The molecule has 0 fully saturated rings. The second-order valence-electron chi connectivity index (χ2n) is 6.06. The van der Waals surface area contributed by atoms with E-state index in [0.29, 0.717) is 31.6 Å². The summed E-state index contributed by atoms with van der Waals surface area (Å²) in [5.41, 5.74) is 2.23. The third kappa shape index (κ3) is 5.18. The van der Waals surface area contributed by atoms with Gasteiger partial charge in [0.2, 0.25) is 5.91 Å². The molecule has 7 nitrogen and oxygen atoms in total. The van der Waals surface area contributed by atoms with Crippen LogP contribution in [0.1, 0.15) is 23.2 Å². The van der Waals surface area contributed by atoms with Gasteiger partial charge in [0.1, 0.15) is 5.75 Å². The van der Waals surface area contributed by atoms with Crippen molar-refractivity contribution in [1.29, 1.82) is 0 Å². The Hall–Kier alpha value is -2.64. The molecular formula is C19H25N3O4. The van der Waals surface area contributed by atoms with Crippen LogP contribution in [-0.4, -0.2) is 55.7 Å². The molecule has 3 N–H and O–H groups in total. The minimum absolute atomic E-state index is 0.128. The van der Waals surface area contributed by atoms with Crippen molar-refractivity contribution in [2.24, 2.45) is 0 Å². The van der Waals surface area contributed by atoms with Gasteiger partial charge in [-0.1, -0.05) is 24.3 Å². The van der Waals surface area contributed by atoms with Gasteiger partial charge in [0.05, 0.1) is 7.11 Å². The van der Waals surface area contributed by atoms with Gasteiger partial charge >= 0.3 is 0 Å². The van der Waals surface area contributed by atoms with Gasteiger partial charge in [-0.2, -0.15) is 0 Å². The molecule has 0 unspecified atom stereocenters. The Bertz CT molecular complexity index is 764. The van der Waals surface area contributed by atoms with Crippen molar-refractivity contribution in [2.45, 2.75) is 12.8 Å². The van der Waals surface area contributed by atoms with Crippen molar-refractivity contribution in [3.63, 3.8) is 0 Å². The van der Waals surface area contributed by atoms with Gasteiger partial charge in [-0.15, -0.1) is 0 Å². The van der Waals surface area contributed by atoms with Crippen LogP contribution in [0.15, 0.2) is 36.4 Å². The number of ether oxygens (including phenoxy) is 1. The van der Waals surface area contributed by atoms with E-state index in [-0.39, 0.29) is 12.3 Å². The van der Waals surface area contributed by atoms with Crippen LogP contribution in [0, 0.1) is 0 Å². The van der Waals surface area contributed by atoms with Gasteiger partial charge in [0.15, 0.2) is 0 Å². The molecule has 2 rings (SSSR count). The Kier molecular flexibility index (Phi) is 7.37. The van der Waals surface area contributed by atoms with E-state index < -0.39 is 5.91 Å². The molecule has 0 atom stereocenters. The molecule has 0 saturated carbocycles. The van der Waals surface area contributed by atoms with E-state index in [2.05, 4.69) is 5.32 Å². The molecule has 0 bridgehead atoms. The normalized spacial score (nSPS) is 10.8. The number of carbonyl (C=O) groups excluding carboxylic acids is 2. The molecule has 0 aliphatic carbocycles. The molecule has 2 aromatic rings. The van der Waals surface area contributed by atoms with E-state index in [1.54, 1.807) is 24.7 Å². The van der Waals surface area contributed by atoms with Crippen molar-refractivity contribution >= 4 is 22.6 Å². The Morgan fingerprint density at radius 3 is 2.54 bits per heavy atom. The Morgan fingerprint density at radius 2 is 1.85 bits per heavy atom. The number of hydrogen-bond acceptors (Lipinski definition) is 5. The lowest BCUT2D eigenvalue weighted by Gasteiger charge is -2.17. The first-order valence-corrected chi connectivity index (χ1v) is 8.52. The predicted molar refractivity (Wildman–Crippen MR) is 99.5 cm³/mol. The Morgan fingerprint density at radius 1 is 1.12 bits per heavy atom. The van der Waals surface area contributed by atoms with Crippen LogP contribution in [0.25, 0.3) is 10.8 Å². The highest BCUT2D eigenvalue weighted by Crippen LogP contribution is 2.28. The second-order valence-corrected chi connectivity index (χ2v) is 6.06. The summed E-state index contributed by atoms with van der Waals surface area (Å²) in [7, 11) is 3.54. The number of fused-ring (bicyclic) bond motifs is 1. The smallest absolute Gasteiger partial charge is 0.251 e. The molecule has 0 aliphatic rings. The lowest BCUT2D eigenvalue weighted by atomic mass is 10.0. The Labute approximate surface area is 152 Å². The fraction of sp³-hybridized carbons (Fsp3) is 0.368. The molecule has 0 radical (unpaired) electrons. The van der Waals surface area contributed by atoms with Gasteiger partial charge < -0.3 is 15.0 Å². The number of nitrogens with zero attached hydrogens (tertiary/aromatic N) is 1. The summed E-state index contributed by atoms with van der Waals surface area (Å²) in [6, 6.07) is 11.2. The van der Waals surface area contributed by atoms with E-state index in [1.807, 2.05) is 36.2 Å². The fourth-order valence-corrected chi connectivity index (χ4v) is 2.78. The van der Waals surface area contributed by atoms with Crippen LogP contribution < -0.4 is 15.5 Å². The van der Waals surface area contributed by atoms with Crippen molar-refractivity contribution in [2.75, 3.05) is 33.8 Å². The number of hydrogen-bond donors (Lipinski definition) is 3. The molecule has 2 amide bonds. The SMILES string of the molecule is COc1ccc(C(=O)NCCN(C)CCCC(=O)NO)c2ccccc12. The Balaban J connectivity index is 1.89. The fourth-order valence-electron chi connectivity index (χ4n) is 2.78. The topological polar surface area (TPSA) is 90.9 Å². The highest BCUT2D eigenvalue weighted by Gasteiger charge is 2.12. The summed E-state index contributed by atoms with van der Waals surface area (Å²) in [6.45, 7) is 1.87. The molecule has 2 aromatic carbocycles. The molecule has 140 valence electrons. The predicted octanol–water partition coefficient (Wildman–Crippen LogP) is 1.80. The lowest BCUT2D eigenvalue weighted by Crippen LogP contribution is -2.33. The largest absolute Gasteiger partial charge is 0.496 e. The molecule has 7 heteroatoms. The zero-order chi connectivity index (χ0) is 18.9. The number of carbonyl (C=O) groups is 2. The minimum atomic E-state index is -0.391. The highest BCUT2D eigenvalue weighted by atomic mass is 16.5. The third-order valence-electron chi connectivity index (χ3n) is 4.20. The quantitative estimate of drug-likeness (QED) is 0.469. The molecule has 26 heavy (non-hydrogen) atoms. The summed E-state index contributed by atoms with van der Waals surface area (Å²) in [6.07, 6.45) is 0.908. The van der Waals surface area contributed by atoms with Crippen LogP contribution in [0.4, 0.5) is 0 Å². The summed E-state index contributed by atoms with van der Waals surface area (Å²) < 4.78 is 5.35. The minimum Gasteiger partial charge on any atom is -0.496 e. The molecule has 0 heterocycles. The maximum Gasteiger partial charge on any atom is 0.251 e. The summed E-state index contributed by atoms with van der Waals surface area (Å²) >= 11 is 0. The van der Waals surface area contributed by atoms with E-state index in [0.717, 1.165) is 16.5 Å². The van der Waals surface area contributed by atoms with Gasteiger partial charge in [-0.25, -0.2) is 5.48 Å². The average Bonchev–Trinajstić information content (AvgIpc) is 2.66. The number of amides is 2. The van der Waals surface area contributed by atoms with E-state index in [4.69, 9.17) is 9.94 Å². The zero-order valence-corrected chi connectivity index (χ0v) is 15.1. The van der Waals surface area contributed by atoms with Crippen LogP contribution in [-0.2, 0) is 4.79 Å². The number of rotatable bonds is 9. The molecular weight excluding hydrogens is 334 g/mol.